The van der Waals surface area contributed by atoms with Crippen LogP contribution in [0.4, 0.5) is 0 Å². The Morgan fingerprint density at radius 1 is 1.25 bits per heavy atom. The molecule has 2 aliphatic rings. The number of hydrogen-bond donors (Lipinski definition) is 1. The van der Waals surface area contributed by atoms with Gasteiger partial charge in [-0.2, -0.15) is 0 Å². The summed E-state index contributed by atoms with van der Waals surface area (Å²) < 4.78 is 5.30. The van der Waals surface area contributed by atoms with E-state index >= 15 is 0 Å². The van der Waals surface area contributed by atoms with Gasteiger partial charge in [0, 0.05) is 24.6 Å². The van der Waals surface area contributed by atoms with Crippen LogP contribution in [-0.4, -0.2) is 41.6 Å². The molecule has 3 rings (SSSR count). The van der Waals surface area contributed by atoms with Crippen LogP contribution in [0.3, 0.4) is 0 Å². The van der Waals surface area contributed by atoms with Gasteiger partial charge in [0.05, 0.1) is 5.69 Å². The smallest absolute Gasteiger partial charge is 0.289 e. The third-order valence-corrected chi connectivity index (χ3v) is 5.71. The Morgan fingerprint density at radius 3 is 2.62 bits per heavy atom. The fourth-order valence-corrected chi connectivity index (χ4v) is 3.98. The lowest BCUT2D eigenvalue weighted by molar-refractivity contribution is 0.0893. The van der Waals surface area contributed by atoms with E-state index in [1.807, 2.05) is 6.07 Å². The van der Waals surface area contributed by atoms with Gasteiger partial charge in [-0.3, -0.25) is 4.79 Å². The third-order valence-electron chi connectivity index (χ3n) is 5.71. The van der Waals surface area contributed by atoms with Crippen molar-refractivity contribution in [1.29, 1.82) is 0 Å². The molecular weight excluding hydrogens is 302 g/mol. The zero-order valence-electron chi connectivity index (χ0n) is 15.1. The number of carbonyl (C=O) groups excluding carboxylic acids is 1. The first-order valence-electron chi connectivity index (χ1n) is 9.62. The van der Waals surface area contributed by atoms with Crippen molar-refractivity contribution in [2.75, 3.05) is 19.6 Å². The maximum absolute atomic E-state index is 12.3. The van der Waals surface area contributed by atoms with Crippen LogP contribution in [0.25, 0.3) is 0 Å². The second-order valence-electron chi connectivity index (χ2n) is 7.73. The lowest BCUT2D eigenvalue weighted by Gasteiger charge is -2.34. The second kappa shape index (κ2) is 8.15. The summed E-state index contributed by atoms with van der Waals surface area (Å²) in [6.07, 6.45) is 8.48. The minimum atomic E-state index is -0.115. The predicted molar refractivity (Wildman–Crippen MR) is 94.1 cm³/mol. The van der Waals surface area contributed by atoms with Gasteiger partial charge >= 0.3 is 0 Å². The van der Waals surface area contributed by atoms with Crippen molar-refractivity contribution < 1.29 is 9.32 Å². The van der Waals surface area contributed by atoms with Crippen LogP contribution in [-0.2, 0) is 0 Å². The molecule has 0 bridgehead atoms. The number of hydrogen-bond acceptors (Lipinski definition) is 4. The average Bonchev–Trinajstić information content (AvgIpc) is 3.11. The van der Waals surface area contributed by atoms with Gasteiger partial charge in [0.15, 0.2) is 0 Å². The molecule has 1 aliphatic carbocycles. The molecule has 0 radical (unpaired) electrons. The van der Waals surface area contributed by atoms with E-state index in [4.69, 9.17) is 4.52 Å². The number of amides is 1. The molecular formula is C19H31N3O2. The Kier molecular flexibility index (Phi) is 5.93. The highest BCUT2D eigenvalue weighted by atomic mass is 16.5. The number of rotatable bonds is 5. The topological polar surface area (TPSA) is 58.4 Å². The van der Waals surface area contributed by atoms with E-state index in [0.717, 1.165) is 38.2 Å². The summed E-state index contributed by atoms with van der Waals surface area (Å²) in [6.45, 7) is 7.49. The summed E-state index contributed by atoms with van der Waals surface area (Å²) in [6, 6.07) is 2.47. The molecule has 1 saturated heterocycles. The Hall–Kier alpha value is -1.36. The summed E-state index contributed by atoms with van der Waals surface area (Å²) in [5.74, 6) is 1.31. The Balaban J connectivity index is 1.45. The first-order chi connectivity index (χ1) is 11.6. The van der Waals surface area contributed by atoms with Crippen LogP contribution in [0, 0.1) is 5.92 Å². The van der Waals surface area contributed by atoms with Crippen LogP contribution in [0.15, 0.2) is 10.6 Å². The van der Waals surface area contributed by atoms with E-state index in [-0.39, 0.29) is 5.91 Å². The molecule has 0 spiro atoms. The van der Waals surface area contributed by atoms with Crippen LogP contribution < -0.4 is 5.32 Å². The normalized spacial score (nSPS) is 21.3. The van der Waals surface area contributed by atoms with Gasteiger partial charge in [0.25, 0.3) is 5.91 Å². The molecule has 1 N–H and O–H groups in total. The lowest BCUT2D eigenvalue weighted by atomic mass is 9.87. The van der Waals surface area contributed by atoms with Gasteiger partial charge in [-0.15, -0.1) is 0 Å². The highest BCUT2D eigenvalue weighted by Crippen LogP contribution is 2.32. The van der Waals surface area contributed by atoms with E-state index in [2.05, 4.69) is 29.2 Å². The fraction of sp³-hybridized carbons (Fsp3) is 0.789. The van der Waals surface area contributed by atoms with Gasteiger partial charge in [-0.1, -0.05) is 24.4 Å². The molecule has 1 aromatic rings. The van der Waals surface area contributed by atoms with Crippen molar-refractivity contribution in [1.82, 2.24) is 15.4 Å². The summed E-state index contributed by atoms with van der Waals surface area (Å²) in [7, 11) is 0. The molecule has 1 aliphatic heterocycles. The third kappa shape index (κ3) is 4.38. The Morgan fingerprint density at radius 2 is 1.96 bits per heavy atom. The first-order valence-corrected chi connectivity index (χ1v) is 9.62. The number of nitrogens with one attached hydrogen (secondary N) is 1. The van der Waals surface area contributed by atoms with E-state index in [0.29, 0.717) is 23.6 Å². The molecule has 2 fully saturated rings. The van der Waals surface area contributed by atoms with Gasteiger partial charge in [-0.05, 0) is 58.5 Å². The summed E-state index contributed by atoms with van der Waals surface area (Å²) in [5.41, 5.74) is 0.963. The van der Waals surface area contributed by atoms with Gasteiger partial charge < -0.3 is 14.7 Å². The van der Waals surface area contributed by atoms with Gasteiger partial charge in [-0.25, -0.2) is 0 Å². The highest BCUT2D eigenvalue weighted by Gasteiger charge is 2.24. The maximum Gasteiger partial charge on any atom is 0.289 e. The van der Waals surface area contributed by atoms with E-state index in [9.17, 15) is 4.79 Å². The minimum absolute atomic E-state index is 0.115. The first kappa shape index (κ1) is 17.5. The number of carbonyl (C=O) groups is 1. The molecule has 0 aromatic carbocycles. The Labute approximate surface area is 145 Å². The molecule has 0 atom stereocenters. The molecule has 1 saturated carbocycles. The largest absolute Gasteiger partial charge is 0.351 e. The molecule has 2 heterocycles. The van der Waals surface area contributed by atoms with Crippen LogP contribution >= 0.6 is 0 Å². The SMILES string of the molecule is CC(C)N1CCC(CNC(=O)c2cc(C3CCCCC3)no2)CC1. The van der Waals surface area contributed by atoms with Crippen molar-refractivity contribution in [2.24, 2.45) is 5.92 Å². The van der Waals surface area contributed by atoms with E-state index < -0.39 is 0 Å². The molecule has 0 unspecified atom stereocenters. The van der Waals surface area contributed by atoms with Gasteiger partial charge in [0.1, 0.15) is 0 Å². The average molecular weight is 333 g/mol. The fourth-order valence-electron chi connectivity index (χ4n) is 3.98. The number of aromatic nitrogens is 1. The molecule has 5 nitrogen and oxygen atoms in total. The number of likely N-dealkylation sites (tertiary alicyclic amines) is 1. The monoisotopic (exact) mass is 333 g/mol. The van der Waals surface area contributed by atoms with Crippen molar-refractivity contribution in [3.8, 4) is 0 Å². The lowest BCUT2D eigenvalue weighted by Crippen LogP contribution is -2.41. The van der Waals surface area contributed by atoms with E-state index in [1.165, 1.54) is 32.1 Å². The minimum Gasteiger partial charge on any atom is -0.351 e. The van der Waals surface area contributed by atoms with Crippen molar-refractivity contribution in [3.63, 3.8) is 0 Å². The van der Waals surface area contributed by atoms with E-state index in [1.54, 1.807) is 0 Å². The number of nitrogens with zero attached hydrogens (tertiary/aromatic N) is 2. The maximum atomic E-state index is 12.3. The molecule has 134 valence electrons. The predicted octanol–water partition coefficient (Wildman–Crippen LogP) is 3.57. The summed E-state index contributed by atoms with van der Waals surface area (Å²) in [5, 5.41) is 7.18. The molecule has 5 heteroatoms. The standard InChI is InChI=1S/C19H31N3O2/c1-14(2)22-10-8-15(9-11-22)13-20-19(23)18-12-17(21-24-18)16-6-4-3-5-7-16/h12,14-16H,3-11,13H2,1-2H3,(H,20,23). The molecule has 1 amide bonds. The summed E-state index contributed by atoms with van der Waals surface area (Å²) in [4.78, 5) is 14.8. The number of piperidine rings is 1. The van der Waals surface area contributed by atoms with Crippen LogP contribution in [0.2, 0.25) is 0 Å². The van der Waals surface area contributed by atoms with Crippen LogP contribution in [0.1, 0.15) is 81.0 Å². The van der Waals surface area contributed by atoms with Gasteiger partial charge in [0.2, 0.25) is 5.76 Å². The zero-order valence-corrected chi connectivity index (χ0v) is 15.1. The quantitative estimate of drug-likeness (QED) is 0.895. The molecule has 24 heavy (non-hydrogen) atoms. The Bertz CT molecular complexity index is 526. The van der Waals surface area contributed by atoms with Crippen molar-refractivity contribution >= 4 is 5.91 Å². The van der Waals surface area contributed by atoms with Crippen molar-refractivity contribution in [3.05, 3.63) is 17.5 Å². The molecule has 1 aromatic heterocycles. The van der Waals surface area contributed by atoms with Crippen molar-refractivity contribution in [2.45, 2.75) is 70.8 Å². The second-order valence-corrected chi connectivity index (χ2v) is 7.73. The van der Waals surface area contributed by atoms with Crippen LogP contribution in [0.5, 0.6) is 0 Å². The highest BCUT2D eigenvalue weighted by molar-refractivity contribution is 5.91. The summed E-state index contributed by atoms with van der Waals surface area (Å²) >= 11 is 0. The zero-order chi connectivity index (χ0) is 16.9.